The first-order chi connectivity index (χ1) is 5.15. The Hall–Kier alpha value is -0.770. The second-order valence-electron chi connectivity index (χ2n) is 3.05. The third-order valence-electron chi connectivity index (χ3n) is 1.80. The fourth-order valence-corrected chi connectivity index (χ4v) is 1.22. The van der Waals surface area contributed by atoms with Gasteiger partial charge in [0.1, 0.15) is 6.10 Å². The first-order valence-electron chi connectivity index (χ1n) is 3.73. The zero-order valence-electron chi connectivity index (χ0n) is 6.70. The molecule has 1 fully saturated rings. The van der Waals surface area contributed by atoms with E-state index in [4.69, 9.17) is 9.84 Å². The molecule has 0 aromatic rings. The highest BCUT2D eigenvalue weighted by atomic mass is 16.6. The molecule has 64 valence electrons. The van der Waals surface area contributed by atoms with Crippen molar-refractivity contribution in [1.82, 2.24) is 5.32 Å². The number of amides is 1. The molecular formula is C7H13NO3. The average Bonchev–Trinajstić information content (AvgIpc) is 2.30. The highest BCUT2D eigenvalue weighted by molar-refractivity contribution is 5.70. The summed E-state index contributed by atoms with van der Waals surface area (Å²) in [7, 11) is 0. The van der Waals surface area contributed by atoms with Crippen LogP contribution in [0.2, 0.25) is 0 Å². The van der Waals surface area contributed by atoms with Gasteiger partial charge in [-0.25, -0.2) is 4.79 Å². The van der Waals surface area contributed by atoms with Crippen LogP contribution in [-0.2, 0) is 4.74 Å². The number of ether oxygens (including phenoxy) is 1. The van der Waals surface area contributed by atoms with E-state index in [1.54, 1.807) is 0 Å². The Morgan fingerprint density at radius 1 is 1.73 bits per heavy atom. The molecule has 0 aromatic heterocycles. The number of carbonyl (C=O) groups excluding carboxylic acids is 1. The summed E-state index contributed by atoms with van der Waals surface area (Å²) >= 11 is 0. The molecule has 1 heterocycles. The van der Waals surface area contributed by atoms with Crippen LogP contribution in [0.5, 0.6) is 0 Å². The number of hydrogen-bond acceptors (Lipinski definition) is 3. The molecule has 0 radical (unpaired) electrons. The zero-order chi connectivity index (χ0) is 8.43. The average molecular weight is 159 g/mol. The van der Waals surface area contributed by atoms with E-state index in [9.17, 15) is 4.79 Å². The fourth-order valence-electron chi connectivity index (χ4n) is 1.22. The molecule has 4 nitrogen and oxygen atoms in total. The van der Waals surface area contributed by atoms with Gasteiger partial charge in [-0.1, -0.05) is 13.8 Å². The Balaban J connectivity index is 2.57. The van der Waals surface area contributed by atoms with E-state index < -0.39 is 6.09 Å². The van der Waals surface area contributed by atoms with Gasteiger partial charge in [0.25, 0.3) is 0 Å². The summed E-state index contributed by atoms with van der Waals surface area (Å²) in [4.78, 5) is 10.7. The summed E-state index contributed by atoms with van der Waals surface area (Å²) in [5.41, 5.74) is 0. The molecule has 11 heavy (non-hydrogen) atoms. The highest BCUT2D eigenvalue weighted by Crippen LogP contribution is 2.16. The van der Waals surface area contributed by atoms with E-state index in [0.717, 1.165) is 0 Å². The lowest BCUT2D eigenvalue weighted by Gasteiger charge is -2.17. The molecule has 0 aliphatic carbocycles. The Labute approximate surface area is 65.5 Å². The minimum Gasteiger partial charge on any atom is -0.444 e. The monoisotopic (exact) mass is 159 g/mol. The summed E-state index contributed by atoms with van der Waals surface area (Å²) in [5, 5.41) is 11.3. The van der Waals surface area contributed by atoms with E-state index in [-0.39, 0.29) is 24.7 Å². The predicted molar refractivity (Wildman–Crippen MR) is 39.1 cm³/mol. The van der Waals surface area contributed by atoms with Gasteiger partial charge in [0.15, 0.2) is 0 Å². The van der Waals surface area contributed by atoms with Gasteiger partial charge in [-0.05, 0) is 5.92 Å². The molecular weight excluding hydrogens is 146 g/mol. The Morgan fingerprint density at radius 2 is 2.36 bits per heavy atom. The number of hydrogen-bond donors (Lipinski definition) is 2. The Bertz CT molecular complexity index is 158. The second-order valence-corrected chi connectivity index (χ2v) is 3.05. The maximum absolute atomic E-state index is 10.7. The van der Waals surface area contributed by atoms with E-state index in [2.05, 4.69) is 5.32 Å². The summed E-state index contributed by atoms with van der Waals surface area (Å²) < 4.78 is 4.92. The molecule has 1 aliphatic heterocycles. The van der Waals surface area contributed by atoms with Crippen molar-refractivity contribution in [3.8, 4) is 0 Å². The summed E-state index contributed by atoms with van der Waals surface area (Å²) in [6.07, 6.45) is -0.616. The topological polar surface area (TPSA) is 58.6 Å². The number of aliphatic hydroxyl groups is 1. The van der Waals surface area contributed by atoms with Gasteiger partial charge in [-0.2, -0.15) is 0 Å². The van der Waals surface area contributed by atoms with Gasteiger partial charge in [-0.15, -0.1) is 0 Å². The van der Waals surface area contributed by atoms with Gasteiger partial charge in [0.05, 0.1) is 12.6 Å². The van der Waals surface area contributed by atoms with E-state index >= 15 is 0 Å². The van der Waals surface area contributed by atoms with Gasteiger partial charge >= 0.3 is 6.09 Å². The minimum atomic E-state index is -0.428. The lowest BCUT2D eigenvalue weighted by Crippen LogP contribution is -2.37. The molecule has 1 aliphatic rings. The maximum atomic E-state index is 10.7. The molecule has 0 unspecified atom stereocenters. The Morgan fingerprint density at radius 3 is 2.73 bits per heavy atom. The van der Waals surface area contributed by atoms with Crippen molar-refractivity contribution in [2.75, 3.05) is 6.61 Å². The maximum Gasteiger partial charge on any atom is 0.407 e. The number of rotatable bonds is 2. The third kappa shape index (κ3) is 1.63. The van der Waals surface area contributed by atoms with Gasteiger partial charge in [-0.3, -0.25) is 0 Å². The number of cyclic esters (lactones) is 1. The predicted octanol–water partition coefficient (Wildman–Crippen LogP) is 0.112. The standard InChI is InChI=1S/C7H13NO3/c1-4(2)6-5(3-9)8-7(10)11-6/h4-6,9H,3H2,1-2H3,(H,8,10)/t5-,6-/m1/s1. The van der Waals surface area contributed by atoms with E-state index in [1.165, 1.54) is 0 Å². The quantitative estimate of drug-likeness (QED) is 0.601. The lowest BCUT2D eigenvalue weighted by atomic mass is 10.0. The molecule has 1 amide bonds. The van der Waals surface area contributed by atoms with Crippen LogP contribution in [0.4, 0.5) is 4.79 Å². The van der Waals surface area contributed by atoms with Crippen molar-refractivity contribution in [2.24, 2.45) is 5.92 Å². The normalized spacial score (nSPS) is 30.4. The number of alkyl carbamates (subject to hydrolysis) is 1. The molecule has 1 saturated heterocycles. The van der Waals surface area contributed by atoms with E-state index in [1.807, 2.05) is 13.8 Å². The van der Waals surface area contributed by atoms with Crippen molar-refractivity contribution in [1.29, 1.82) is 0 Å². The third-order valence-corrected chi connectivity index (χ3v) is 1.80. The highest BCUT2D eigenvalue weighted by Gasteiger charge is 2.35. The van der Waals surface area contributed by atoms with Crippen LogP contribution in [0.3, 0.4) is 0 Å². The fraction of sp³-hybridized carbons (Fsp3) is 0.857. The minimum absolute atomic E-state index is 0.0609. The molecule has 0 saturated carbocycles. The largest absolute Gasteiger partial charge is 0.444 e. The first-order valence-corrected chi connectivity index (χ1v) is 3.73. The lowest BCUT2D eigenvalue weighted by molar-refractivity contribution is 0.0882. The van der Waals surface area contributed by atoms with E-state index in [0.29, 0.717) is 0 Å². The molecule has 1 rings (SSSR count). The van der Waals surface area contributed by atoms with Crippen LogP contribution in [0, 0.1) is 5.92 Å². The first kappa shape index (κ1) is 8.33. The van der Waals surface area contributed by atoms with Gasteiger partial charge in [0, 0.05) is 0 Å². The van der Waals surface area contributed by atoms with Crippen molar-refractivity contribution in [3.05, 3.63) is 0 Å². The number of aliphatic hydroxyl groups excluding tert-OH is 1. The molecule has 0 bridgehead atoms. The van der Waals surface area contributed by atoms with Crippen molar-refractivity contribution < 1.29 is 14.6 Å². The second kappa shape index (κ2) is 3.09. The SMILES string of the molecule is CC(C)[C@H]1OC(=O)N[C@@H]1CO. The van der Waals surface area contributed by atoms with Crippen molar-refractivity contribution in [3.63, 3.8) is 0 Å². The van der Waals surface area contributed by atoms with Crippen molar-refractivity contribution in [2.45, 2.75) is 26.0 Å². The van der Waals surface area contributed by atoms with Crippen LogP contribution < -0.4 is 5.32 Å². The molecule has 0 spiro atoms. The van der Waals surface area contributed by atoms with Crippen molar-refractivity contribution >= 4 is 6.09 Å². The Kier molecular flexibility index (Phi) is 2.34. The molecule has 2 atom stereocenters. The van der Waals surface area contributed by atoms with Crippen LogP contribution >= 0.6 is 0 Å². The van der Waals surface area contributed by atoms with Crippen LogP contribution in [0.25, 0.3) is 0 Å². The van der Waals surface area contributed by atoms with Crippen LogP contribution in [0.1, 0.15) is 13.8 Å². The summed E-state index contributed by atoms with van der Waals surface area (Å²) in [5.74, 6) is 0.242. The summed E-state index contributed by atoms with van der Waals surface area (Å²) in [6, 6.07) is -0.234. The molecule has 2 N–H and O–H groups in total. The number of nitrogens with one attached hydrogen (secondary N) is 1. The zero-order valence-corrected chi connectivity index (χ0v) is 6.70. The smallest absolute Gasteiger partial charge is 0.407 e. The van der Waals surface area contributed by atoms with Gasteiger partial charge < -0.3 is 15.2 Å². The van der Waals surface area contributed by atoms with Gasteiger partial charge in [0.2, 0.25) is 0 Å². The molecule has 0 aromatic carbocycles. The number of carbonyl (C=O) groups is 1. The van der Waals surface area contributed by atoms with Crippen LogP contribution in [-0.4, -0.2) is 30.0 Å². The molecule has 4 heteroatoms. The summed E-state index contributed by atoms with van der Waals surface area (Å²) in [6.45, 7) is 3.84. The van der Waals surface area contributed by atoms with Crippen LogP contribution in [0.15, 0.2) is 0 Å².